The summed E-state index contributed by atoms with van der Waals surface area (Å²) < 4.78 is 4.52. The molecule has 0 atom stereocenters. The molecule has 0 saturated carbocycles. The summed E-state index contributed by atoms with van der Waals surface area (Å²) in [5.74, 6) is 0. The Morgan fingerprint density at radius 3 is 2.67 bits per heavy atom. The second-order valence-electron chi connectivity index (χ2n) is 4.03. The van der Waals surface area contributed by atoms with Crippen molar-refractivity contribution in [3.8, 4) is 0 Å². The zero-order chi connectivity index (χ0) is 13.5. The number of unbranched alkanes of at least 4 members (excludes halogenated alkanes) is 1. The molecule has 98 valence electrons. The molecule has 0 bridgehead atoms. The van der Waals surface area contributed by atoms with Crippen LogP contribution in [-0.2, 0) is 13.6 Å². The van der Waals surface area contributed by atoms with Gasteiger partial charge in [0.1, 0.15) is 0 Å². The fourth-order valence-corrected chi connectivity index (χ4v) is 1.85. The first kappa shape index (κ1) is 14.0. The molecule has 0 fully saturated rings. The van der Waals surface area contributed by atoms with Crippen LogP contribution in [0.4, 0.5) is 4.79 Å². The average Bonchev–Trinajstić information content (AvgIpc) is 2.64. The smallest absolute Gasteiger partial charge is 0.249 e. The molecule has 18 heavy (non-hydrogen) atoms. The third-order valence-electron chi connectivity index (χ3n) is 2.64. The van der Waals surface area contributed by atoms with Gasteiger partial charge in [-0.15, -0.1) is 0 Å². The maximum absolute atomic E-state index is 8.44. The minimum absolute atomic E-state index is 1.12. The van der Waals surface area contributed by atoms with Gasteiger partial charge in [0, 0.05) is 0 Å². The van der Waals surface area contributed by atoms with Gasteiger partial charge in [0.25, 0.3) is 0 Å². The van der Waals surface area contributed by atoms with Crippen molar-refractivity contribution in [2.45, 2.75) is 26.3 Å². The quantitative estimate of drug-likeness (QED) is 0.831. The molecule has 0 aliphatic carbocycles. The van der Waals surface area contributed by atoms with E-state index in [0.29, 0.717) is 0 Å². The van der Waals surface area contributed by atoms with Crippen LogP contribution < -0.4 is 9.67 Å². The standard InChI is InChI=1S/C12H17N2.CH2O3/c1-3-4-9-14-10-13(2)11-7-5-6-8-12(11)14;2-1(3)4/h5-8,10H,3-4,9H2,1-2H3;(H2,2,3,4)/q+1;/p-1. The summed E-state index contributed by atoms with van der Waals surface area (Å²) in [6.07, 6.45) is 2.59. The van der Waals surface area contributed by atoms with E-state index in [2.05, 4.69) is 53.7 Å². The van der Waals surface area contributed by atoms with E-state index in [1.165, 1.54) is 23.9 Å². The SMILES string of the molecule is CCCCn1c[n+](C)c2ccccc21.O=C([O-])O. The topological polar surface area (TPSA) is 69.2 Å². The molecule has 5 nitrogen and oxygen atoms in total. The maximum Gasteiger partial charge on any atom is 0.249 e. The van der Waals surface area contributed by atoms with Crippen LogP contribution in [0, 0.1) is 0 Å². The van der Waals surface area contributed by atoms with Crippen LogP contribution in [-0.4, -0.2) is 15.8 Å². The first-order chi connectivity index (χ1) is 8.56. The summed E-state index contributed by atoms with van der Waals surface area (Å²) >= 11 is 0. The minimum atomic E-state index is -2.08. The van der Waals surface area contributed by atoms with Gasteiger partial charge in [0.15, 0.2) is 11.0 Å². The van der Waals surface area contributed by atoms with Gasteiger partial charge in [-0.3, -0.25) is 0 Å². The number of para-hydroxylation sites is 2. The number of imidazole rings is 1. The Kier molecular flexibility index (Phi) is 5.17. The molecule has 1 aromatic carbocycles. The van der Waals surface area contributed by atoms with E-state index in [-0.39, 0.29) is 0 Å². The summed E-state index contributed by atoms with van der Waals surface area (Å²) in [4.78, 5) is 8.44. The Bertz CT molecular complexity index is 516. The molecule has 0 radical (unpaired) electrons. The lowest BCUT2D eigenvalue weighted by molar-refractivity contribution is -0.645. The number of aromatic nitrogens is 2. The molecule has 0 spiro atoms. The zero-order valence-electron chi connectivity index (χ0n) is 10.7. The Morgan fingerprint density at radius 1 is 1.44 bits per heavy atom. The first-order valence-electron chi connectivity index (χ1n) is 5.89. The summed E-state index contributed by atoms with van der Waals surface area (Å²) in [5, 5.41) is 15.3. The maximum atomic E-state index is 8.44. The summed E-state index contributed by atoms with van der Waals surface area (Å²) in [6.45, 7) is 3.35. The highest BCUT2D eigenvalue weighted by Crippen LogP contribution is 2.10. The van der Waals surface area contributed by atoms with Gasteiger partial charge in [-0.2, -0.15) is 0 Å². The number of aryl methyl sites for hydroxylation is 2. The van der Waals surface area contributed by atoms with Gasteiger partial charge < -0.3 is 15.0 Å². The lowest BCUT2D eigenvalue weighted by Gasteiger charge is -1.94. The second kappa shape index (κ2) is 6.64. The van der Waals surface area contributed by atoms with E-state index in [9.17, 15) is 0 Å². The third-order valence-corrected chi connectivity index (χ3v) is 2.64. The Balaban J connectivity index is 0.000000357. The second-order valence-corrected chi connectivity index (χ2v) is 4.03. The molecule has 0 aliphatic rings. The van der Waals surface area contributed by atoms with Crippen molar-refractivity contribution in [1.82, 2.24) is 4.57 Å². The first-order valence-corrected chi connectivity index (χ1v) is 5.89. The normalized spacial score (nSPS) is 9.89. The highest BCUT2D eigenvalue weighted by molar-refractivity contribution is 5.71. The summed E-state index contributed by atoms with van der Waals surface area (Å²) in [5.41, 5.74) is 2.65. The fourth-order valence-electron chi connectivity index (χ4n) is 1.85. The number of benzene rings is 1. The number of rotatable bonds is 3. The molecule has 0 aliphatic heterocycles. The monoisotopic (exact) mass is 250 g/mol. The lowest BCUT2D eigenvalue weighted by atomic mass is 10.3. The number of hydrogen-bond acceptors (Lipinski definition) is 2. The number of hydrogen-bond donors (Lipinski definition) is 1. The van der Waals surface area contributed by atoms with Crippen LogP contribution in [0.2, 0.25) is 0 Å². The Morgan fingerprint density at radius 2 is 2.06 bits per heavy atom. The number of fused-ring (bicyclic) bond motifs is 1. The molecule has 1 aromatic heterocycles. The molecular formula is C13H18N2O3. The Labute approximate surface area is 106 Å². The third kappa shape index (κ3) is 3.76. The molecule has 0 unspecified atom stereocenters. The van der Waals surface area contributed by atoms with E-state index < -0.39 is 6.16 Å². The number of carbonyl (C=O) groups is 1. The van der Waals surface area contributed by atoms with Crippen molar-refractivity contribution in [3.05, 3.63) is 30.6 Å². The molecule has 1 N–H and O–H groups in total. The molecular weight excluding hydrogens is 232 g/mol. The van der Waals surface area contributed by atoms with Crippen LogP contribution in [0.1, 0.15) is 19.8 Å². The van der Waals surface area contributed by atoms with Gasteiger partial charge in [-0.1, -0.05) is 25.5 Å². The predicted molar refractivity (Wildman–Crippen MR) is 66.0 cm³/mol. The van der Waals surface area contributed by atoms with Crippen LogP contribution >= 0.6 is 0 Å². The van der Waals surface area contributed by atoms with E-state index in [1.807, 2.05) is 0 Å². The van der Waals surface area contributed by atoms with E-state index in [0.717, 1.165) is 6.54 Å². The minimum Gasteiger partial charge on any atom is -0.565 e. The summed E-state index contributed by atoms with van der Waals surface area (Å²) in [7, 11) is 2.10. The number of carboxylic acid groups (broad SMARTS) is 2. The van der Waals surface area contributed by atoms with Crippen LogP contribution in [0.15, 0.2) is 30.6 Å². The van der Waals surface area contributed by atoms with Crippen LogP contribution in [0.25, 0.3) is 11.0 Å². The van der Waals surface area contributed by atoms with Crippen molar-refractivity contribution in [2.24, 2.45) is 7.05 Å². The highest BCUT2D eigenvalue weighted by atomic mass is 16.6. The molecule has 2 rings (SSSR count). The van der Waals surface area contributed by atoms with Crippen molar-refractivity contribution >= 4 is 17.2 Å². The van der Waals surface area contributed by atoms with Gasteiger partial charge in [0.2, 0.25) is 12.5 Å². The molecule has 2 aromatic rings. The lowest BCUT2D eigenvalue weighted by Crippen LogP contribution is -2.25. The Hall–Kier alpha value is -2.04. The fraction of sp³-hybridized carbons (Fsp3) is 0.385. The van der Waals surface area contributed by atoms with E-state index in [1.54, 1.807) is 0 Å². The zero-order valence-corrected chi connectivity index (χ0v) is 10.7. The van der Waals surface area contributed by atoms with Crippen molar-refractivity contribution in [1.29, 1.82) is 0 Å². The van der Waals surface area contributed by atoms with E-state index >= 15 is 0 Å². The largest absolute Gasteiger partial charge is 0.565 e. The molecule has 1 heterocycles. The summed E-state index contributed by atoms with van der Waals surface area (Å²) in [6, 6.07) is 8.54. The van der Waals surface area contributed by atoms with Crippen LogP contribution in [0.5, 0.6) is 0 Å². The van der Waals surface area contributed by atoms with Gasteiger partial charge in [-0.25, -0.2) is 9.13 Å². The number of nitrogens with zero attached hydrogens (tertiary/aromatic N) is 2. The van der Waals surface area contributed by atoms with Gasteiger partial charge >= 0.3 is 0 Å². The van der Waals surface area contributed by atoms with Gasteiger partial charge in [-0.05, 0) is 18.6 Å². The average molecular weight is 250 g/mol. The predicted octanol–water partition coefficient (Wildman–Crippen LogP) is 1.15. The van der Waals surface area contributed by atoms with Crippen molar-refractivity contribution < 1.29 is 19.6 Å². The van der Waals surface area contributed by atoms with E-state index in [4.69, 9.17) is 15.0 Å². The molecule has 0 amide bonds. The van der Waals surface area contributed by atoms with Crippen LogP contribution in [0.3, 0.4) is 0 Å². The molecule has 5 heteroatoms. The van der Waals surface area contributed by atoms with Crippen molar-refractivity contribution in [2.75, 3.05) is 0 Å². The van der Waals surface area contributed by atoms with Gasteiger partial charge in [0.05, 0.1) is 13.6 Å². The van der Waals surface area contributed by atoms with Crippen molar-refractivity contribution in [3.63, 3.8) is 0 Å². The highest BCUT2D eigenvalue weighted by Gasteiger charge is 2.10. The molecule has 0 saturated heterocycles.